The number of carbonyl (C=O) groups excluding carboxylic acids is 1. The maximum absolute atomic E-state index is 11.5. The normalized spacial score (nSPS) is 10.6. The molecule has 94 valence electrons. The largest absolute Gasteiger partial charge is 0.481 e. The van der Waals surface area contributed by atoms with Crippen molar-refractivity contribution in [1.82, 2.24) is 15.4 Å². The van der Waals surface area contributed by atoms with Crippen molar-refractivity contribution in [1.29, 1.82) is 0 Å². The molecule has 0 fully saturated rings. The molecule has 0 radical (unpaired) electrons. The summed E-state index contributed by atoms with van der Waals surface area (Å²) in [5.74, 6) is 0.412. The van der Waals surface area contributed by atoms with Gasteiger partial charge in [0.15, 0.2) is 6.61 Å². The smallest absolute Gasteiger partial charge is 0.272 e. The Labute approximate surface area is 105 Å². The lowest BCUT2D eigenvalue weighted by molar-refractivity contribution is -0.126. The van der Waals surface area contributed by atoms with Crippen LogP contribution < -0.4 is 10.2 Å². The molecule has 5 nitrogen and oxygen atoms in total. The minimum absolute atomic E-state index is 0.0339. The number of benzene rings is 1. The summed E-state index contributed by atoms with van der Waals surface area (Å²) < 4.78 is 5.48. The Balaban J connectivity index is 2.10. The first-order chi connectivity index (χ1) is 8.66. The summed E-state index contributed by atoms with van der Waals surface area (Å²) >= 11 is 0. The van der Waals surface area contributed by atoms with Crippen LogP contribution in [0.15, 0.2) is 36.5 Å². The van der Waals surface area contributed by atoms with Gasteiger partial charge in [0, 0.05) is 25.7 Å². The molecule has 2 aromatic rings. The van der Waals surface area contributed by atoms with E-state index in [2.05, 4.69) is 10.4 Å². The lowest BCUT2D eigenvalue weighted by Gasteiger charge is -2.12. The molecule has 0 atom stereocenters. The SMILES string of the molecule is CN(C)NC(=O)COc1cccc2cccnc12. The quantitative estimate of drug-likeness (QED) is 0.822. The van der Waals surface area contributed by atoms with Gasteiger partial charge in [0.2, 0.25) is 0 Å². The van der Waals surface area contributed by atoms with E-state index in [0.717, 1.165) is 10.9 Å². The number of carbonyl (C=O) groups is 1. The van der Waals surface area contributed by atoms with Gasteiger partial charge in [0.25, 0.3) is 5.91 Å². The number of pyridine rings is 1. The van der Waals surface area contributed by atoms with Gasteiger partial charge in [-0.15, -0.1) is 0 Å². The van der Waals surface area contributed by atoms with Crippen LogP contribution in [0.2, 0.25) is 0 Å². The van der Waals surface area contributed by atoms with Crippen molar-refractivity contribution in [2.75, 3.05) is 20.7 Å². The molecule has 2 rings (SSSR count). The highest BCUT2D eigenvalue weighted by Crippen LogP contribution is 2.22. The van der Waals surface area contributed by atoms with Gasteiger partial charge in [-0.2, -0.15) is 0 Å². The fourth-order valence-corrected chi connectivity index (χ4v) is 1.62. The van der Waals surface area contributed by atoms with Crippen molar-refractivity contribution in [3.8, 4) is 5.75 Å². The summed E-state index contributed by atoms with van der Waals surface area (Å²) in [6.07, 6.45) is 1.70. The zero-order valence-electron chi connectivity index (χ0n) is 10.4. The Kier molecular flexibility index (Phi) is 3.74. The average Bonchev–Trinajstić information content (AvgIpc) is 2.35. The van der Waals surface area contributed by atoms with E-state index >= 15 is 0 Å². The standard InChI is InChI=1S/C13H15N3O2/c1-16(2)15-12(17)9-18-11-7-3-5-10-6-4-8-14-13(10)11/h3-8H,9H2,1-2H3,(H,15,17). The molecule has 0 saturated carbocycles. The van der Waals surface area contributed by atoms with Crippen LogP contribution in [0.4, 0.5) is 0 Å². The molecule has 0 bridgehead atoms. The zero-order chi connectivity index (χ0) is 13.0. The summed E-state index contributed by atoms with van der Waals surface area (Å²) in [5.41, 5.74) is 3.37. The first-order valence-corrected chi connectivity index (χ1v) is 5.60. The van der Waals surface area contributed by atoms with E-state index in [0.29, 0.717) is 5.75 Å². The van der Waals surface area contributed by atoms with Gasteiger partial charge < -0.3 is 4.74 Å². The van der Waals surface area contributed by atoms with Crippen LogP contribution in [0.5, 0.6) is 5.75 Å². The van der Waals surface area contributed by atoms with Gasteiger partial charge in [0.05, 0.1) is 0 Å². The third-order valence-electron chi connectivity index (χ3n) is 2.30. The van der Waals surface area contributed by atoms with Gasteiger partial charge in [0.1, 0.15) is 11.3 Å². The summed E-state index contributed by atoms with van der Waals surface area (Å²) in [7, 11) is 3.49. The number of hydrogen-bond donors (Lipinski definition) is 1. The Bertz CT molecular complexity index is 549. The second-order valence-corrected chi connectivity index (χ2v) is 4.05. The Hall–Kier alpha value is -2.14. The van der Waals surface area contributed by atoms with Crippen molar-refractivity contribution in [3.05, 3.63) is 36.5 Å². The van der Waals surface area contributed by atoms with Crippen LogP contribution in [0, 0.1) is 0 Å². The molecule has 0 spiro atoms. The molecule has 1 N–H and O–H groups in total. The highest BCUT2D eigenvalue weighted by molar-refractivity contribution is 5.84. The molecule has 1 amide bonds. The second-order valence-electron chi connectivity index (χ2n) is 4.05. The molecular formula is C13H15N3O2. The third-order valence-corrected chi connectivity index (χ3v) is 2.30. The maximum atomic E-state index is 11.5. The third kappa shape index (κ3) is 2.95. The monoisotopic (exact) mass is 245 g/mol. The Morgan fingerprint density at radius 3 is 2.89 bits per heavy atom. The first kappa shape index (κ1) is 12.3. The number of fused-ring (bicyclic) bond motifs is 1. The average molecular weight is 245 g/mol. The molecule has 5 heteroatoms. The molecule has 0 saturated heterocycles. The van der Waals surface area contributed by atoms with Crippen LogP contribution in [-0.4, -0.2) is 36.6 Å². The molecule has 0 aliphatic rings. The van der Waals surface area contributed by atoms with Gasteiger partial charge >= 0.3 is 0 Å². The van der Waals surface area contributed by atoms with Gasteiger partial charge in [-0.05, 0) is 12.1 Å². The van der Waals surface area contributed by atoms with Crippen molar-refractivity contribution in [2.45, 2.75) is 0 Å². The minimum Gasteiger partial charge on any atom is -0.481 e. The van der Waals surface area contributed by atoms with Crippen molar-refractivity contribution >= 4 is 16.8 Å². The predicted octanol–water partition coefficient (Wildman–Crippen LogP) is 1.21. The fraction of sp³-hybridized carbons (Fsp3) is 0.231. The molecular weight excluding hydrogens is 230 g/mol. The second kappa shape index (κ2) is 5.46. The topological polar surface area (TPSA) is 54.5 Å². The summed E-state index contributed by atoms with van der Waals surface area (Å²) in [6.45, 7) is -0.0339. The van der Waals surface area contributed by atoms with Gasteiger partial charge in [-0.3, -0.25) is 15.2 Å². The summed E-state index contributed by atoms with van der Waals surface area (Å²) in [4.78, 5) is 15.7. The number of nitrogens with zero attached hydrogens (tertiary/aromatic N) is 2. The van der Waals surface area contributed by atoms with E-state index in [9.17, 15) is 4.79 Å². The number of rotatable bonds is 4. The van der Waals surface area contributed by atoms with E-state index in [1.54, 1.807) is 31.4 Å². The maximum Gasteiger partial charge on any atom is 0.272 e. The summed E-state index contributed by atoms with van der Waals surface area (Å²) in [5, 5.41) is 2.57. The van der Waals surface area contributed by atoms with E-state index in [1.165, 1.54) is 0 Å². The molecule has 0 unspecified atom stereocenters. The number of hydrogen-bond acceptors (Lipinski definition) is 4. The molecule has 0 aliphatic carbocycles. The predicted molar refractivity (Wildman–Crippen MR) is 69.1 cm³/mol. The Morgan fingerprint density at radius 2 is 2.11 bits per heavy atom. The van der Waals surface area contributed by atoms with Crippen LogP contribution in [0.1, 0.15) is 0 Å². The van der Waals surface area contributed by atoms with Gasteiger partial charge in [-0.25, -0.2) is 5.01 Å². The first-order valence-electron chi connectivity index (χ1n) is 5.60. The lowest BCUT2D eigenvalue weighted by atomic mass is 10.2. The number of ether oxygens (including phenoxy) is 1. The van der Waals surface area contributed by atoms with E-state index < -0.39 is 0 Å². The molecule has 0 aliphatic heterocycles. The lowest BCUT2D eigenvalue weighted by Crippen LogP contribution is -2.39. The molecule has 1 aromatic carbocycles. The van der Waals surface area contributed by atoms with E-state index in [1.807, 2.05) is 24.3 Å². The van der Waals surface area contributed by atoms with Crippen molar-refractivity contribution < 1.29 is 9.53 Å². The number of hydrazine groups is 1. The summed E-state index contributed by atoms with van der Waals surface area (Å²) in [6, 6.07) is 9.45. The van der Waals surface area contributed by atoms with Crippen molar-refractivity contribution in [2.24, 2.45) is 0 Å². The van der Waals surface area contributed by atoms with Gasteiger partial charge in [-0.1, -0.05) is 18.2 Å². The van der Waals surface area contributed by atoms with E-state index in [4.69, 9.17) is 4.74 Å². The highest BCUT2D eigenvalue weighted by Gasteiger charge is 2.06. The van der Waals surface area contributed by atoms with Crippen molar-refractivity contribution in [3.63, 3.8) is 0 Å². The number of para-hydroxylation sites is 1. The molecule has 18 heavy (non-hydrogen) atoms. The van der Waals surface area contributed by atoms with Crippen LogP contribution in [0.25, 0.3) is 10.9 Å². The molecule has 1 heterocycles. The number of amides is 1. The zero-order valence-corrected chi connectivity index (χ0v) is 10.4. The minimum atomic E-state index is -0.201. The molecule has 1 aromatic heterocycles. The number of aromatic nitrogens is 1. The van der Waals surface area contributed by atoms with Crippen LogP contribution in [-0.2, 0) is 4.79 Å². The fourth-order valence-electron chi connectivity index (χ4n) is 1.62. The van der Waals surface area contributed by atoms with E-state index in [-0.39, 0.29) is 12.5 Å². The Morgan fingerprint density at radius 1 is 1.33 bits per heavy atom. The van der Waals surface area contributed by atoms with Crippen LogP contribution in [0.3, 0.4) is 0 Å². The van der Waals surface area contributed by atoms with Crippen LogP contribution >= 0.6 is 0 Å². The number of nitrogens with one attached hydrogen (secondary N) is 1. The highest BCUT2D eigenvalue weighted by atomic mass is 16.5.